The topological polar surface area (TPSA) is 58.7 Å². The van der Waals surface area contributed by atoms with Crippen LogP contribution >= 0.6 is 11.3 Å². The van der Waals surface area contributed by atoms with E-state index in [0.717, 1.165) is 62.6 Å². The van der Waals surface area contributed by atoms with Gasteiger partial charge in [0.15, 0.2) is 10.7 Å². The molecule has 154 valence electrons. The Kier molecular flexibility index (Phi) is 5.37. The van der Waals surface area contributed by atoms with Crippen LogP contribution in [0.4, 0.5) is 0 Å². The third-order valence-electron chi connectivity index (χ3n) is 6.31. The Morgan fingerprint density at radius 2 is 2.00 bits per heavy atom. The maximum Gasteiger partial charge on any atom is 0.274 e. The normalized spacial score (nSPS) is 20.7. The van der Waals surface area contributed by atoms with Crippen molar-refractivity contribution in [2.45, 2.75) is 57.7 Å². The number of fused-ring (bicyclic) bond motifs is 1. The molecule has 0 bridgehead atoms. The quantitative estimate of drug-likeness (QED) is 0.623. The zero-order valence-corrected chi connectivity index (χ0v) is 17.6. The predicted molar refractivity (Wildman–Crippen MR) is 113 cm³/mol. The van der Waals surface area contributed by atoms with Crippen LogP contribution in [-0.2, 0) is 13.1 Å². The molecule has 0 aromatic carbocycles. The monoisotopic (exact) mass is 412 g/mol. The molecule has 5 heterocycles. The molecule has 3 aromatic heterocycles. The molecule has 0 N–H and O–H groups in total. The number of likely N-dealkylation sites (tertiary alicyclic amines) is 2. The van der Waals surface area contributed by atoms with E-state index in [1.807, 2.05) is 28.0 Å². The number of amides is 1. The summed E-state index contributed by atoms with van der Waals surface area (Å²) in [5.41, 5.74) is 1.72. The first-order chi connectivity index (χ1) is 14.3. The number of carbonyl (C=O) groups excluding carboxylic acids is 1. The Balaban J connectivity index is 1.38. The van der Waals surface area contributed by atoms with E-state index in [-0.39, 0.29) is 5.91 Å². The number of piperidine rings is 1. The van der Waals surface area contributed by atoms with Crippen LogP contribution in [0.5, 0.6) is 0 Å². The third kappa shape index (κ3) is 3.83. The molecule has 0 spiro atoms. The van der Waals surface area contributed by atoms with Crippen LogP contribution < -0.4 is 0 Å². The number of rotatable bonds is 6. The number of aryl methyl sites for hydroxylation is 1. The molecule has 2 fully saturated rings. The minimum atomic E-state index is 0.110. The largest absolute Gasteiger partial charge is 0.337 e. The lowest BCUT2D eigenvalue weighted by Crippen LogP contribution is -2.40. The van der Waals surface area contributed by atoms with E-state index in [1.165, 1.54) is 19.3 Å². The van der Waals surface area contributed by atoms with Crippen molar-refractivity contribution in [2.24, 2.45) is 0 Å². The van der Waals surface area contributed by atoms with Crippen molar-refractivity contribution in [3.8, 4) is 0 Å². The van der Waals surface area contributed by atoms with Crippen molar-refractivity contribution >= 4 is 22.2 Å². The molecule has 0 radical (unpaired) electrons. The zero-order valence-electron chi connectivity index (χ0n) is 16.7. The zero-order chi connectivity index (χ0) is 19.6. The van der Waals surface area contributed by atoms with Crippen molar-refractivity contribution in [1.29, 1.82) is 0 Å². The average molecular weight is 413 g/mol. The SMILES string of the molecule is O=C(c1nc2sccn2c1CN1CCCC[C@H]1CCn1cccn1)N1CCCC1. The van der Waals surface area contributed by atoms with E-state index in [9.17, 15) is 4.79 Å². The molecule has 1 amide bonds. The van der Waals surface area contributed by atoms with E-state index in [4.69, 9.17) is 4.98 Å². The molecule has 0 aliphatic carbocycles. The Hall–Kier alpha value is -2.19. The van der Waals surface area contributed by atoms with Gasteiger partial charge in [0.25, 0.3) is 5.91 Å². The lowest BCUT2D eigenvalue weighted by molar-refractivity contribution is 0.0781. The van der Waals surface area contributed by atoms with Crippen LogP contribution in [0.2, 0.25) is 0 Å². The summed E-state index contributed by atoms with van der Waals surface area (Å²) in [5, 5.41) is 6.41. The summed E-state index contributed by atoms with van der Waals surface area (Å²) in [6.45, 7) is 4.53. The van der Waals surface area contributed by atoms with Gasteiger partial charge in [0, 0.05) is 56.2 Å². The predicted octanol–water partition coefficient (Wildman–Crippen LogP) is 3.27. The molecule has 0 saturated carbocycles. The molecule has 2 saturated heterocycles. The van der Waals surface area contributed by atoms with Gasteiger partial charge < -0.3 is 4.90 Å². The molecule has 5 rings (SSSR count). The van der Waals surface area contributed by atoms with Crippen LogP contribution in [0, 0.1) is 0 Å². The van der Waals surface area contributed by atoms with Gasteiger partial charge in [0.05, 0.1) is 5.69 Å². The molecule has 1 atom stereocenters. The number of aromatic nitrogens is 4. The second kappa shape index (κ2) is 8.28. The fourth-order valence-electron chi connectivity index (χ4n) is 4.73. The molecule has 3 aromatic rings. The maximum atomic E-state index is 13.2. The fraction of sp³-hybridized carbons (Fsp3) is 0.571. The van der Waals surface area contributed by atoms with Crippen molar-refractivity contribution < 1.29 is 4.79 Å². The lowest BCUT2D eigenvalue weighted by Gasteiger charge is -2.35. The second-order valence-corrected chi connectivity index (χ2v) is 9.01. The lowest BCUT2D eigenvalue weighted by atomic mass is 9.99. The Morgan fingerprint density at radius 1 is 1.14 bits per heavy atom. The molecular weight excluding hydrogens is 384 g/mol. The van der Waals surface area contributed by atoms with E-state index in [1.54, 1.807) is 11.3 Å². The molecule has 0 unspecified atom stereocenters. The summed E-state index contributed by atoms with van der Waals surface area (Å²) in [6.07, 6.45) is 12.9. The van der Waals surface area contributed by atoms with E-state index >= 15 is 0 Å². The number of carbonyl (C=O) groups is 1. The Labute approximate surface area is 174 Å². The van der Waals surface area contributed by atoms with Gasteiger partial charge in [-0.2, -0.15) is 5.10 Å². The molecule has 2 aliphatic rings. The first-order valence-electron chi connectivity index (χ1n) is 10.7. The van der Waals surface area contributed by atoms with Gasteiger partial charge in [-0.05, 0) is 44.7 Å². The highest BCUT2D eigenvalue weighted by Crippen LogP contribution is 2.26. The smallest absolute Gasteiger partial charge is 0.274 e. The number of imidazole rings is 1. The number of hydrogen-bond acceptors (Lipinski definition) is 5. The van der Waals surface area contributed by atoms with Crippen molar-refractivity contribution in [2.75, 3.05) is 19.6 Å². The fourth-order valence-corrected chi connectivity index (χ4v) is 5.46. The summed E-state index contributed by atoms with van der Waals surface area (Å²) in [4.78, 5) is 23.4. The molecule has 8 heteroatoms. The van der Waals surface area contributed by atoms with Crippen LogP contribution in [-0.4, -0.2) is 60.5 Å². The van der Waals surface area contributed by atoms with Gasteiger partial charge in [-0.3, -0.25) is 18.8 Å². The summed E-state index contributed by atoms with van der Waals surface area (Å²) in [5.74, 6) is 0.110. The molecule has 29 heavy (non-hydrogen) atoms. The van der Waals surface area contributed by atoms with Crippen molar-refractivity contribution in [1.82, 2.24) is 29.0 Å². The minimum Gasteiger partial charge on any atom is -0.337 e. The molecule has 7 nitrogen and oxygen atoms in total. The van der Waals surface area contributed by atoms with Gasteiger partial charge in [0.1, 0.15) is 0 Å². The van der Waals surface area contributed by atoms with Gasteiger partial charge in [-0.1, -0.05) is 6.42 Å². The summed E-state index contributed by atoms with van der Waals surface area (Å²) in [7, 11) is 0. The van der Waals surface area contributed by atoms with E-state index in [0.29, 0.717) is 11.7 Å². The third-order valence-corrected chi connectivity index (χ3v) is 7.07. The first kappa shape index (κ1) is 18.8. The van der Waals surface area contributed by atoms with Gasteiger partial charge in [-0.15, -0.1) is 11.3 Å². The highest BCUT2D eigenvalue weighted by Gasteiger charge is 2.29. The van der Waals surface area contributed by atoms with E-state index < -0.39 is 0 Å². The Morgan fingerprint density at radius 3 is 2.83 bits per heavy atom. The van der Waals surface area contributed by atoms with Gasteiger partial charge in [-0.25, -0.2) is 4.98 Å². The number of thiazole rings is 1. The average Bonchev–Trinajstić information content (AvgIpc) is 3.53. The number of nitrogens with zero attached hydrogens (tertiary/aromatic N) is 6. The first-order valence-corrected chi connectivity index (χ1v) is 11.6. The summed E-state index contributed by atoms with van der Waals surface area (Å²) in [6, 6.07) is 2.50. The van der Waals surface area contributed by atoms with Crippen LogP contribution in [0.3, 0.4) is 0 Å². The van der Waals surface area contributed by atoms with Crippen LogP contribution in [0.25, 0.3) is 4.96 Å². The Bertz CT molecular complexity index is 955. The summed E-state index contributed by atoms with van der Waals surface area (Å²) >= 11 is 1.60. The van der Waals surface area contributed by atoms with Crippen molar-refractivity contribution in [3.63, 3.8) is 0 Å². The van der Waals surface area contributed by atoms with Gasteiger partial charge >= 0.3 is 0 Å². The maximum absolute atomic E-state index is 13.2. The minimum absolute atomic E-state index is 0.110. The highest BCUT2D eigenvalue weighted by molar-refractivity contribution is 7.15. The standard InChI is InChI=1S/C21H28N6OS/c28-20(24-9-3-4-10-24)19-18(27-14-15-29-21(27)23-19)16-25-11-2-1-6-17(25)7-13-26-12-5-8-22-26/h5,8,12,14-15,17H,1-4,6-7,9-11,13,16H2/t17-/m0/s1. The van der Waals surface area contributed by atoms with Crippen LogP contribution in [0.15, 0.2) is 30.0 Å². The van der Waals surface area contributed by atoms with E-state index in [2.05, 4.69) is 26.0 Å². The highest BCUT2D eigenvalue weighted by atomic mass is 32.1. The van der Waals surface area contributed by atoms with Crippen molar-refractivity contribution in [3.05, 3.63) is 41.4 Å². The number of hydrogen-bond donors (Lipinski definition) is 0. The molecular formula is C21H28N6OS. The van der Waals surface area contributed by atoms with Gasteiger partial charge in [0.2, 0.25) is 0 Å². The second-order valence-electron chi connectivity index (χ2n) is 8.14. The summed E-state index contributed by atoms with van der Waals surface area (Å²) < 4.78 is 4.15. The molecule has 2 aliphatic heterocycles. The van der Waals surface area contributed by atoms with Crippen LogP contribution in [0.1, 0.15) is 54.7 Å².